The second-order valence-electron chi connectivity index (χ2n) is 12.9. The van der Waals surface area contributed by atoms with Gasteiger partial charge in [0.2, 0.25) is 8.32 Å². The predicted octanol–water partition coefficient (Wildman–Crippen LogP) is 6.24. The van der Waals surface area contributed by atoms with E-state index in [-0.39, 0.29) is 28.8 Å². The van der Waals surface area contributed by atoms with Crippen LogP contribution >= 0.6 is 0 Å². The molecule has 0 spiro atoms. The molecule has 182 valence electrons. The molecule has 1 atom stereocenters. The maximum Gasteiger partial charge on any atom is 0.458 e. The average Bonchev–Trinajstić information content (AvgIpc) is 2.84. The van der Waals surface area contributed by atoms with Gasteiger partial charge in [0, 0.05) is 18.6 Å². The fraction of sp³-hybridized carbons (Fsp3) is 0.760. The fourth-order valence-electron chi connectivity index (χ4n) is 3.46. The first kappa shape index (κ1) is 27.8. The zero-order chi connectivity index (χ0) is 24.6. The zero-order valence-corrected chi connectivity index (χ0v) is 24.7. The first-order valence-corrected chi connectivity index (χ1v) is 17.8. The van der Waals surface area contributed by atoms with Crippen LogP contribution in [0.5, 0.6) is 0 Å². The molecular weight excluding hydrogens is 431 g/mol. The van der Waals surface area contributed by atoms with Gasteiger partial charge in [0.1, 0.15) is 0 Å². The van der Waals surface area contributed by atoms with Crippen LogP contribution in [0.1, 0.15) is 55.4 Å². The van der Waals surface area contributed by atoms with Crippen LogP contribution in [0.15, 0.2) is 30.3 Å². The molecule has 1 aromatic carbocycles. The van der Waals surface area contributed by atoms with Gasteiger partial charge >= 0.3 is 7.12 Å². The summed E-state index contributed by atoms with van der Waals surface area (Å²) in [7, 11) is -4.20. The van der Waals surface area contributed by atoms with Gasteiger partial charge in [-0.05, 0) is 70.4 Å². The van der Waals surface area contributed by atoms with Crippen molar-refractivity contribution in [2.24, 2.45) is 5.41 Å². The molecule has 1 saturated heterocycles. The van der Waals surface area contributed by atoms with E-state index in [0.717, 1.165) is 6.32 Å². The topological polar surface area (TPSA) is 36.9 Å². The van der Waals surface area contributed by atoms with Crippen LogP contribution in [0, 0.1) is 5.41 Å². The average molecular weight is 479 g/mol. The Morgan fingerprint density at radius 3 is 1.75 bits per heavy atom. The van der Waals surface area contributed by atoms with Gasteiger partial charge < -0.3 is 18.2 Å². The fourth-order valence-corrected chi connectivity index (χ4v) is 6.47. The molecule has 0 bridgehead atoms. The number of rotatable bonds is 9. The van der Waals surface area contributed by atoms with E-state index >= 15 is 0 Å². The Labute approximate surface area is 200 Å². The van der Waals surface area contributed by atoms with Crippen LogP contribution in [0.2, 0.25) is 37.5 Å². The maximum absolute atomic E-state index is 6.71. The summed E-state index contributed by atoms with van der Waals surface area (Å²) in [4.78, 5) is 0. The Balaban J connectivity index is 2.20. The van der Waals surface area contributed by atoms with E-state index in [1.807, 2.05) is 0 Å². The van der Waals surface area contributed by atoms with E-state index in [1.54, 1.807) is 0 Å². The highest BCUT2D eigenvalue weighted by Gasteiger charge is 2.53. The van der Waals surface area contributed by atoms with Gasteiger partial charge in [0.05, 0.1) is 11.2 Å². The Bertz CT molecular complexity index is 743. The lowest BCUT2D eigenvalue weighted by molar-refractivity contribution is 0.00578. The molecule has 0 aliphatic carbocycles. The van der Waals surface area contributed by atoms with Gasteiger partial charge in [0.15, 0.2) is 8.32 Å². The van der Waals surface area contributed by atoms with E-state index in [9.17, 15) is 0 Å². The van der Waals surface area contributed by atoms with Crippen molar-refractivity contribution in [3.05, 3.63) is 30.3 Å². The summed E-state index contributed by atoms with van der Waals surface area (Å²) >= 11 is 0. The molecule has 1 aromatic rings. The summed E-state index contributed by atoms with van der Waals surface area (Å²) < 4.78 is 26.1. The van der Waals surface area contributed by atoms with Crippen LogP contribution in [0.4, 0.5) is 0 Å². The maximum atomic E-state index is 6.71. The van der Waals surface area contributed by atoms with E-state index < -0.39 is 16.6 Å². The monoisotopic (exact) mass is 478 g/mol. The molecule has 1 aliphatic heterocycles. The van der Waals surface area contributed by atoms with Crippen LogP contribution in [0.3, 0.4) is 0 Å². The summed E-state index contributed by atoms with van der Waals surface area (Å²) in [6.45, 7) is 28.0. The van der Waals surface area contributed by atoms with Crippen LogP contribution in [-0.2, 0) is 18.2 Å². The molecule has 1 aliphatic rings. The third-order valence-electron chi connectivity index (χ3n) is 7.80. The van der Waals surface area contributed by atoms with Crippen molar-refractivity contribution in [3.63, 3.8) is 0 Å². The van der Waals surface area contributed by atoms with E-state index in [4.69, 9.17) is 18.2 Å². The summed E-state index contributed by atoms with van der Waals surface area (Å²) in [6.07, 6.45) is 0.744. The van der Waals surface area contributed by atoms with Crippen molar-refractivity contribution in [1.82, 2.24) is 0 Å². The molecule has 32 heavy (non-hydrogen) atoms. The van der Waals surface area contributed by atoms with E-state index in [1.165, 1.54) is 5.19 Å². The molecule has 7 heteroatoms. The highest BCUT2D eigenvalue weighted by Crippen LogP contribution is 2.42. The summed E-state index contributed by atoms with van der Waals surface area (Å²) in [6, 6.07) is 10.6. The Morgan fingerprint density at radius 2 is 1.28 bits per heavy atom. The lowest BCUT2D eigenvalue weighted by Gasteiger charge is -2.41. The molecular formula is C25H47BO4Si2. The van der Waals surface area contributed by atoms with Gasteiger partial charge in [0.25, 0.3) is 0 Å². The first-order chi connectivity index (χ1) is 14.3. The predicted molar refractivity (Wildman–Crippen MR) is 142 cm³/mol. The van der Waals surface area contributed by atoms with Gasteiger partial charge in [-0.15, -0.1) is 0 Å². The molecule has 0 N–H and O–H groups in total. The quantitative estimate of drug-likeness (QED) is 0.394. The standard InChI is InChI=1S/C25H47BO4Si2/c1-22(2,3)32(11,12)28-20-25(8,18-26-29-23(4,5)24(6,7)30-26)19-27-31(9,10)21-16-14-13-15-17-21/h13-17H,18-20H2,1-12H3. The molecule has 0 radical (unpaired) electrons. The number of hydrogen-bond donors (Lipinski definition) is 0. The molecule has 2 rings (SSSR count). The number of hydrogen-bond acceptors (Lipinski definition) is 4. The molecule has 1 unspecified atom stereocenters. The molecule has 0 amide bonds. The minimum Gasteiger partial charge on any atom is -0.416 e. The highest BCUT2D eigenvalue weighted by molar-refractivity contribution is 6.84. The van der Waals surface area contributed by atoms with Crippen molar-refractivity contribution >= 4 is 28.9 Å². The first-order valence-electron chi connectivity index (χ1n) is 12.0. The molecule has 1 fully saturated rings. The van der Waals surface area contributed by atoms with E-state index in [2.05, 4.69) is 112 Å². The Morgan fingerprint density at radius 1 is 0.812 bits per heavy atom. The van der Waals surface area contributed by atoms with Gasteiger partial charge in [-0.2, -0.15) is 0 Å². The minimum atomic E-state index is -2.04. The Kier molecular flexibility index (Phi) is 8.09. The minimum absolute atomic E-state index is 0.164. The number of benzene rings is 1. The Hall–Kier alpha value is -0.441. The largest absolute Gasteiger partial charge is 0.458 e. The summed E-state index contributed by atoms with van der Waals surface area (Å²) in [5.41, 5.74) is -0.884. The van der Waals surface area contributed by atoms with Gasteiger partial charge in [-0.1, -0.05) is 58.0 Å². The molecule has 1 heterocycles. The third-order valence-corrected chi connectivity index (χ3v) is 14.9. The van der Waals surface area contributed by atoms with Crippen LogP contribution in [0.25, 0.3) is 0 Å². The summed E-state index contributed by atoms with van der Waals surface area (Å²) in [5.74, 6) is 0. The lowest BCUT2D eigenvalue weighted by Crippen LogP contribution is -2.50. The van der Waals surface area contributed by atoms with Crippen molar-refractivity contribution in [3.8, 4) is 0 Å². The van der Waals surface area contributed by atoms with E-state index in [0.29, 0.717) is 13.2 Å². The molecule has 4 nitrogen and oxygen atoms in total. The zero-order valence-electron chi connectivity index (χ0n) is 22.7. The molecule has 0 aromatic heterocycles. The smallest absolute Gasteiger partial charge is 0.416 e. The van der Waals surface area contributed by atoms with Gasteiger partial charge in [-0.25, -0.2) is 0 Å². The highest BCUT2D eigenvalue weighted by atomic mass is 28.4. The van der Waals surface area contributed by atoms with Crippen molar-refractivity contribution in [2.45, 2.75) is 104 Å². The van der Waals surface area contributed by atoms with Crippen molar-refractivity contribution < 1.29 is 18.2 Å². The summed E-state index contributed by atoms with van der Waals surface area (Å²) in [5, 5.41) is 1.47. The normalized spacial score (nSPS) is 20.9. The van der Waals surface area contributed by atoms with Crippen molar-refractivity contribution in [2.75, 3.05) is 13.2 Å². The van der Waals surface area contributed by atoms with Crippen molar-refractivity contribution in [1.29, 1.82) is 0 Å². The SMILES string of the molecule is CC(CO[Si](C)(C)c1ccccc1)(CO[Si](C)(C)C(C)(C)C)CB1OC(C)(C)C(C)(C)O1. The molecule has 0 saturated carbocycles. The lowest BCUT2D eigenvalue weighted by atomic mass is 9.69. The van der Waals surface area contributed by atoms with Crippen LogP contribution < -0.4 is 5.19 Å². The van der Waals surface area contributed by atoms with Crippen LogP contribution in [-0.4, -0.2) is 48.2 Å². The second kappa shape index (κ2) is 9.31. The second-order valence-corrected chi connectivity index (χ2v) is 21.6. The third kappa shape index (κ3) is 6.57. The van der Waals surface area contributed by atoms with Gasteiger partial charge in [-0.3, -0.25) is 0 Å².